The van der Waals surface area contributed by atoms with Gasteiger partial charge in [-0.05, 0) is 42.3 Å². The lowest BCUT2D eigenvalue weighted by atomic mass is 10.0. The molecule has 0 spiro atoms. The van der Waals surface area contributed by atoms with Gasteiger partial charge < -0.3 is 9.64 Å². The Bertz CT molecular complexity index is 1340. The first kappa shape index (κ1) is 23.3. The van der Waals surface area contributed by atoms with Crippen LogP contribution in [0.5, 0.6) is 11.6 Å². The Balaban J connectivity index is 1.17. The summed E-state index contributed by atoms with van der Waals surface area (Å²) in [4.78, 5) is 33.4. The van der Waals surface area contributed by atoms with Gasteiger partial charge >= 0.3 is 6.03 Å². The molecule has 36 heavy (non-hydrogen) atoms. The topological polar surface area (TPSA) is 62.7 Å². The number of ketones is 1. The number of carbonyl (C=O) groups is 2. The lowest BCUT2D eigenvalue weighted by Gasteiger charge is -2.19. The maximum absolute atomic E-state index is 12.9. The van der Waals surface area contributed by atoms with E-state index < -0.39 is 0 Å². The van der Waals surface area contributed by atoms with Crippen molar-refractivity contribution in [3.63, 3.8) is 0 Å². The van der Waals surface area contributed by atoms with Gasteiger partial charge in [0.05, 0.1) is 0 Å². The van der Waals surface area contributed by atoms with E-state index in [0.29, 0.717) is 36.8 Å². The third-order valence-electron chi connectivity index (χ3n) is 6.22. The van der Waals surface area contributed by atoms with E-state index in [2.05, 4.69) is 4.98 Å². The SMILES string of the molecule is Cc1ccc(C(=O)Cc2ccc(Oc3ccc(N4CCN(Cc5ccccc5)C4=O)cc3)nc2)cc1. The Morgan fingerprint density at radius 1 is 0.861 bits per heavy atom. The van der Waals surface area contributed by atoms with Crippen molar-refractivity contribution in [2.24, 2.45) is 0 Å². The van der Waals surface area contributed by atoms with Gasteiger partial charge in [0.2, 0.25) is 5.88 Å². The van der Waals surface area contributed by atoms with E-state index in [1.807, 2.05) is 96.8 Å². The third kappa shape index (κ3) is 5.44. The van der Waals surface area contributed by atoms with Crippen molar-refractivity contribution in [2.45, 2.75) is 19.9 Å². The highest BCUT2D eigenvalue weighted by Gasteiger charge is 2.29. The summed E-state index contributed by atoms with van der Waals surface area (Å²) in [6, 6.07) is 28.6. The average molecular weight is 478 g/mol. The third-order valence-corrected chi connectivity index (χ3v) is 6.22. The smallest absolute Gasteiger partial charge is 0.324 e. The fourth-order valence-corrected chi connectivity index (χ4v) is 4.19. The number of urea groups is 1. The Morgan fingerprint density at radius 3 is 2.31 bits per heavy atom. The summed E-state index contributed by atoms with van der Waals surface area (Å²) < 4.78 is 5.87. The van der Waals surface area contributed by atoms with Crippen LogP contribution in [0.3, 0.4) is 0 Å². The van der Waals surface area contributed by atoms with Crippen molar-refractivity contribution >= 4 is 17.5 Å². The molecule has 1 fully saturated rings. The van der Waals surface area contributed by atoms with Crippen LogP contribution < -0.4 is 9.64 Å². The average Bonchev–Trinajstić information content (AvgIpc) is 3.26. The summed E-state index contributed by atoms with van der Waals surface area (Å²) in [5.41, 5.74) is 4.60. The first-order valence-corrected chi connectivity index (χ1v) is 12.0. The van der Waals surface area contributed by atoms with Crippen molar-refractivity contribution in [3.8, 4) is 11.6 Å². The molecule has 1 aliphatic rings. The van der Waals surface area contributed by atoms with Crippen LogP contribution in [0.25, 0.3) is 0 Å². The predicted molar refractivity (Wildman–Crippen MR) is 140 cm³/mol. The number of carbonyl (C=O) groups excluding carboxylic acids is 2. The van der Waals surface area contributed by atoms with Crippen LogP contribution >= 0.6 is 0 Å². The molecule has 1 saturated heterocycles. The number of Topliss-reactive ketones (excluding diaryl/α,β-unsaturated/α-hetero) is 1. The minimum atomic E-state index is 0.00459. The Morgan fingerprint density at radius 2 is 1.61 bits per heavy atom. The van der Waals surface area contributed by atoms with Crippen LogP contribution in [0.4, 0.5) is 10.5 Å². The van der Waals surface area contributed by atoms with Crippen LogP contribution in [0.1, 0.15) is 27.0 Å². The van der Waals surface area contributed by atoms with Gasteiger partial charge in [0.15, 0.2) is 5.78 Å². The second-order valence-corrected chi connectivity index (χ2v) is 8.91. The number of aromatic nitrogens is 1. The lowest BCUT2D eigenvalue weighted by Crippen LogP contribution is -2.31. The number of hydrogen-bond acceptors (Lipinski definition) is 4. The fourth-order valence-electron chi connectivity index (χ4n) is 4.19. The van der Waals surface area contributed by atoms with Gasteiger partial charge in [-0.2, -0.15) is 0 Å². The maximum atomic E-state index is 12.9. The predicted octanol–water partition coefficient (Wildman–Crippen LogP) is 6.05. The van der Waals surface area contributed by atoms with Crippen molar-refractivity contribution in [1.82, 2.24) is 9.88 Å². The van der Waals surface area contributed by atoms with Gasteiger partial charge in [-0.25, -0.2) is 9.78 Å². The second-order valence-electron chi connectivity index (χ2n) is 8.91. The normalized spacial score (nSPS) is 13.2. The summed E-state index contributed by atoms with van der Waals surface area (Å²) in [5.74, 6) is 1.13. The molecule has 6 nitrogen and oxygen atoms in total. The van der Waals surface area contributed by atoms with Gasteiger partial charge in [0.25, 0.3) is 0 Å². The van der Waals surface area contributed by atoms with E-state index >= 15 is 0 Å². The molecule has 0 radical (unpaired) electrons. The summed E-state index contributed by atoms with van der Waals surface area (Å²) in [6.07, 6.45) is 1.95. The molecule has 0 N–H and O–H groups in total. The Hall–Kier alpha value is -4.45. The van der Waals surface area contributed by atoms with E-state index in [-0.39, 0.29) is 18.2 Å². The molecule has 2 heterocycles. The summed E-state index contributed by atoms with van der Waals surface area (Å²) in [6.45, 7) is 3.94. The fraction of sp³-hybridized carbons (Fsp3) is 0.167. The van der Waals surface area contributed by atoms with Crippen molar-refractivity contribution in [2.75, 3.05) is 18.0 Å². The van der Waals surface area contributed by atoms with Crippen LogP contribution in [-0.2, 0) is 13.0 Å². The van der Waals surface area contributed by atoms with Crippen molar-refractivity contribution in [1.29, 1.82) is 0 Å². The molecule has 0 bridgehead atoms. The summed E-state index contributed by atoms with van der Waals surface area (Å²) >= 11 is 0. The largest absolute Gasteiger partial charge is 0.439 e. The van der Waals surface area contributed by atoms with Crippen molar-refractivity contribution < 1.29 is 14.3 Å². The first-order chi connectivity index (χ1) is 17.5. The molecule has 6 heteroatoms. The monoisotopic (exact) mass is 477 g/mol. The number of aryl methyl sites for hydroxylation is 1. The molecule has 2 amide bonds. The Labute approximate surface area is 210 Å². The molecule has 180 valence electrons. The number of rotatable bonds is 8. The van der Waals surface area contributed by atoms with Gasteiger partial charge in [0.1, 0.15) is 5.75 Å². The van der Waals surface area contributed by atoms with Crippen LogP contribution in [0, 0.1) is 6.92 Å². The van der Waals surface area contributed by atoms with E-state index in [0.717, 1.165) is 22.4 Å². The number of ether oxygens (including phenoxy) is 1. The quantitative estimate of drug-likeness (QED) is 0.290. The summed E-state index contributed by atoms with van der Waals surface area (Å²) in [5, 5.41) is 0. The minimum Gasteiger partial charge on any atom is -0.439 e. The van der Waals surface area contributed by atoms with Gasteiger partial charge in [-0.3, -0.25) is 9.69 Å². The van der Waals surface area contributed by atoms with Gasteiger partial charge in [-0.15, -0.1) is 0 Å². The first-order valence-electron chi connectivity index (χ1n) is 12.0. The standard InChI is InChI=1S/C30H27N3O3/c1-22-7-10-25(11-8-22)28(34)19-24-9-16-29(31-20-24)36-27-14-12-26(13-15-27)33-18-17-32(30(33)35)21-23-5-3-2-4-6-23/h2-16,20H,17-19,21H2,1H3. The molecule has 3 aromatic carbocycles. The van der Waals surface area contributed by atoms with E-state index in [1.165, 1.54) is 0 Å². The molecular weight excluding hydrogens is 450 g/mol. The second kappa shape index (κ2) is 10.4. The molecule has 1 aliphatic heterocycles. The zero-order valence-electron chi connectivity index (χ0n) is 20.1. The maximum Gasteiger partial charge on any atom is 0.324 e. The number of hydrogen-bond donors (Lipinski definition) is 0. The highest BCUT2D eigenvalue weighted by Crippen LogP contribution is 2.26. The van der Waals surface area contributed by atoms with Gasteiger partial charge in [0, 0.05) is 49.6 Å². The van der Waals surface area contributed by atoms with Crippen LogP contribution in [0.2, 0.25) is 0 Å². The number of nitrogens with zero attached hydrogens (tertiary/aromatic N) is 3. The highest BCUT2D eigenvalue weighted by molar-refractivity contribution is 5.97. The molecule has 5 rings (SSSR count). The van der Waals surface area contributed by atoms with E-state index in [4.69, 9.17) is 4.74 Å². The molecule has 0 aliphatic carbocycles. The zero-order chi connectivity index (χ0) is 24.9. The molecule has 0 unspecified atom stereocenters. The molecule has 0 saturated carbocycles. The van der Waals surface area contributed by atoms with E-state index in [1.54, 1.807) is 17.2 Å². The number of pyridine rings is 1. The number of amides is 2. The van der Waals surface area contributed by atoms with Crippen LogP contribution in [0.15, 0.2) is 97.2 Å². The molecule has 4 aromatic rings. The molecule has 0 atom stereocenters. The highest BCUT2D eigenvalue weighted by atomic mass is 16.5. The van der Waals surface area contributed by atoms with Crippen LogP contribution in [-0.4, -0.2) is 34.8 Å². The lowest BCUT2D eigenvalue weighted by molar-refractivity contribution is 0.0992. The van der Waals surface area contributed by atoms with Gasteiger partial charge in [-0.1, -0.05) is 66.2 Å². The number of anilines is 1. The van der Waals surface area contributed by atoms with E-state index in [9.17, 15) is 9.59 Å². The molecule has 1 aromatic heterocycles. The summed E-state index contributed by atoms with van der Waals surface area (Å²) in [7, 11) is 0. The van der Waals surface area contributed by atoms with Crippen molar-refractivity contribution in [3.05, 3.63) is 119 Å². The molecular formula is C30H27N3O3. The zero-order valence-corrected chi connectivity index (χ0v) is 20.1. The minimum absolute atomic E-state index is 0.00459. The Kier molecular flexibility index (Phi) is 6.76. The number of benzene rings is 3.